The number of hydrogen-bond acceptors (Lipinski definition) is 6. The molecule has 170 valence electrons. The fourth-order valence-electron chi connectivity index (χ4n) is 3.20. The second-order valence-electron chi connectivity index (χ2n) is 7.72. The molecule has 0 unspecified atom stereocenters. The summed E-state index contributed by atoms with van der Waals surface area (Å²) in [6, 6.07) is 12.6. The number of aromatic nitrogens is 2. The largest absolute Gasteiger partial charge is 0.495 e. The molecule has 2 N–H and O–H groups in total. The van der Waals surface area contributed by atoms with E-state index in [-0.39, 0.29) is 12.6 Å². The first-order valence-electron chi connectivity index (χ1n) is 10.4. The zero-order valence-corrected chi connectivity index (χ0v) is 19.6. The summed E-state index contributed by atoms with van der Waals surface area (Å²) >= 11 is 6.06. The number of urea groups is 1. The Labute approximate surface area is 193 Å². The number of nitrogens with one attached hydrogen (secondary N) is 2. The van der Waals surface area contributed by atoms with Crippen LogP contribution in [0.15, 0.2) is 42.5 Å². The average molecular weight is 457 g/mol. The van der Waals surface area contributed by atoms with Crippen LogP contribution in [0.4, 0.5) is 16.3 Å². The van der Waals surface area contributed by atoms with Gasteiger partial charge in [0.25, 0.3) is 0 Å². The van der Waals surface area contributed by atoms with Gasteiger partial charge in [0.2, 0.25) is 0 Å². The summed E-state index contributed by atoms with van der Waals surface area (Å²) in [5, 5.41) is 7.71. The third kappa shape index (κ3) is 6.21. The van der Waals surface area contributed by atoms with Crippen molar-refractivity contribution in [2.75, 3.05) is 52.0 Å². The van der Waals surface area contributed by atoms with Crippen LogP contribution in [0.1, 0.15) is 12.2 Å². The molecule has 0 aliphatic carbocycles. The molecule has 0 bridgehead atoms. The number of amides is 2. The van der Waals surface area contributed by atoms with Crippen LogP contribution in [0.25, 0.3) is 10.9 Å². The molecule has 32 heavy (non-hydrogen) atoms. The Morgan fingerprint density at radius 3 is 2.66 bits per heavy atom. The molecule has 9 heteroatoms. The maximum atomic E-state index is 12.8. The Bertz CT molecular complexity index is 1080. The van der Waals surface area contributed by atoms with Gasteiger partial charge >= 0.3 is 6.03 Å². The molecule has 2 aromatic carbocycles. The molecule has 0 atom stereocenters. The van der Waals surface area contributed by atoms with E-state index in [1.54, 1.807) is 32.4 Å². The van der Waals surface area contributed by atoms with Gasteiger partial charge in [-0.05, 0) is 57.4 Å². The minimum Gasteiger partial charge on any atom is -0.495 e. The van der Waals surface area contributed by atoms with Gasteiger partial charge in [-0.25, -0.2) is 14.8 Å². The molecule has 0 radical (unpaired) electrons. The second kappa shape index (κ2) is 11.0. The van der Waals surface area contributed by atoms with Crippen LogP contribution in [0.2, 0.25) is 5.02 Å². The van der Waals surface area contributed by atoms with Gasteiger partial charge in [-0.3, -0.25) is 0 Å². The van der Waals surface area contributed by atoms with Crippen molar-refractivity contribution >= 4 is 40.0 Å². The Morgan fingerprint density at radius 2 is 1.91 bits per heavy atom. The lowest BCUT2D eigenvalue weighted by Gasteiger charge is -2.19. The van der Waals surface area contributed by atoms with Gasteiger partial charge in [-0.2, -0.15) is 0 Å². The lowest BCUT2D eigenvalue weighted by atomic mass is 10.2. The number of halogens is 1. The first kappa shape index (κ1) is 23.6. The summed E-state index contributed by atoms with van der Waals surface area (Å²) in [5.41, 5.74) is 1.33. The van der Waals surface area contributed by atoms with Gasteiger partial charge in [0.15, 0.2) is 5.82 Å². The molecule has 0 aliphatic rings. The fraction of sp³-hybridized carbons (Fsp3) is 0.348. The maximum Gasteiger partial charge on any atom is 0.322 e. The van der Waals surface area contributed by atoms with Crippen LogP contribution in [0, 0.1) is 0 Å². The van der Waals surface area contributed by atoms with Gasteiger partial charge < -0.3 is 25.2 Å². The Balaban J connectivity index is 1.74. The zero-order valence-electron chi connectivity index (χ0n) is 18.9. The summed E-state index contributed by atoms with van der Waals surface area (Å²) in [6.45, 7) is 2.02. The number of anilines is 2. The first-order chi connectivity index (χ1) is 15.4. The van der Waals surface area contributed by atoms with Crippen LogP contribution < -0.4 is 15.4 Å². The lowest BCUT2D eigenvalue weighted by molar-refractivity contribution is 0.219. The summed E-state index contributed by atoms with van der Waals surface area (Å²) in [4.78, 5) is 25.8. The lowest BCUT2D eigenvalue weighted by Crippen LogP contribution is -2.31. The van der Waals surface area contributed by atoms with Gasteiger partial charge in [0.05, 0.1) is 24.9 Å². The number of ether oxygens (including phenoxy) is 1. The number of fused-ring (bicyclic) bond motifs is 1. The Morgan fingerprint density at radius 1 is 1.12 bits per heavy atom. The van der Waals surface area contributed by atoms with E-state index in [0.717, 1.165) is 36.2 Å². The van der Waals surface area contributed by atoms with Crippen LogP contribution in [-0.2, 0) is 6.54 Å². The number of carbonyl (C=O) groups excluding carboxylic acids is 1. The highest BCUT2D eigenvalue weighted by Gasteiger charge is 2.15. The first-order valence-corrected chi connectivity index (χ1v) is 10.7. The number of hydrogen-bond donors (Lipinski definition) is 2. The molecular weight excluding hydrogens is 428 g/mol. The Kier molecular flexibility index (Phi) is 8.08. The molecule has 0 spiro atoms. The smallest absolute Gasteiger partial charge is 0.322 e. The third-order valence-electron chi connectivity index (χ3n) is 4.85. The third-order valence-corrected chi connectivity index (χ3v) is 5.09. The minimum atomic E-state index is -0.317. The quantitative estimate of drug-likeness (QED) is 0.466. The van der Waals surface area contributed by atoms with Crippen molar-refractivity contribution < 1.29 is 9.53 Å². The van der Waals surface area contributed by atoms with E-state index in [4.69, 9.17) is 21.3 Å². The molecule has 3 aromatic rings. The SMILES string of the molecule is COc1ccc(Cl)cc1NC(=O)N(C)Cc1nc(NCCCN(C)C)c2ccccc2n1. The minimum absolute atomic E-state index is 0.242. The molecule has 1 heterocycles. The number of nitrogens with zero attached hydrogens (tertiary/aromatic N) is 4. The summed E-state index contributed by atoms with van der Waals surface area (Å²) in [6.07, 6.45) is 0.991. The topological polar surface area (TPSA) is 82.6 Å². The molecule has 0 aliphatic heterocycles. The average Bonchev–Trinajstić information content (AvgIpc) is 2.76. The molecule has 1 aromatic heterocycles. The molecule has 0 fully saturated rings. The summed E-state index contributed by atoms with van der Waals surface area (Å²) < 4.78 is 5.30. The van der Waals surface area contributed by atoms with Crippen molar-refractivity contribution in [1.29, 1.82) is 0 Å². The van der Waals surface area contributed by atoms with Crippen molar-refractivity contribution in [3.05, 3.63) is 53.3 Å². The second-order valence-corrected chi connectivity index (χ2v) is 8.16. The fourth-order valence-corrected chi connectivity index (χ4v) is 3.38. The predicted molar refractivity (Wildman–Crippen MR) is 130 cm³/mol. The van der Waals surface area contributed by atoms with Crippen LogP contribution in [0.3, 0.4) is 0 Å². The maximum absolute atomic E-state index is 12.8. The summed E-state index contributed by atoms with van der Waals surface area (Å²) in [5.74, 6) is 1.85. The number of rotatable bonds is 9. The summed E-state index contributed by atoms with van der Waals surface area (Å²) in [7, 11) is 7.34. The van der Waals surface area contributed by atoms with E-state index >= 15 is 0 Å². The normalized spacial score (nSPS) is 10.9. The standard InChI is InChI=1S/C23H29ClN6O2/c1-29(2)13-7-12-25-22-17-8-5-6-9-18(17)26-21(28-22)15-30(3)23(31)27-19-14-16(24)10-11-20(19)32-4/h5-6,8-11,14H,7,12-13,15H2,1-4H3,(H,27,31)(H,25,26,28). The number of methoxy groups -OCH3 is 1. The van der Waals surface area contributed by atoms with Crippen LogP contribution in [-0.4, -0.2) is 67.1 Å². The Hall–Kier alpha value is -3.10. The molecule has 0 saturated carbocycles. The van der Waals surface area contributed by atoms with E-state index in [0.29, 0.717) is 22.3 Å². The van der Waals surface area contributed by atoms with E-state index in [9.17, 15) is 4.79 Å². The van der Waals surface area contributed by atoms with E-state index in [1.807, 2.05) is 24.3 Å². The number of para-hydroxylation sites is 1. The van der Waals surface area contributed by atoms with Gasteiger partial charge in [-0.1, -0.05) is 23.7 Å². The number of benzene rings is 2. The van der Waals surface area contributed by atoms with E-state index in [2.05, 4.69) is 34.6 Å². The predicted octanol–water partition coefficient (Wildman–Crippen LogP) is 4.32. The highest BCUT2D eigenvalue weighted by Crippen LogP contribution is 2.28. The van der Waals surface area contributed by atoms with Gasteiger partial charge in [0.1, 0.15) is 11.6 Å². The zero-order chi connectivity index (χ0) is 23.1. The number of carbonyl (C=O) groups is 1. The van der Waals surface area contributed by atoms with E-state index in [1.165, 1.54) is 4.90 Å². The monoisotopic (exact) mass is 456 g/mol. The van der Waals surface area contributed by atoms with Crippen LogP contribution in [0.5, 0.6) is 5.75 Å². The van der Waals surface area contributed by atoms with Gasteiger partial charge in [-0.15, -0.1) is 0 Å². The van der Waals surface area contributed by atoms with Crippen molar-refractivity contribution in [2.24, 2.45) is 0 Å². The molecule has 8 nitrogen and oxygen atoms in total. The van der Waals surface area contributed by atoms with Crippen molar-refractivity contribution in [1.82, 2.24) is 19.8 Å². The molecular formula is C23H29ClN6O2. The van der Waals surface area contributed by atoms with Crippen LogP contribution >= 0.6 is 11.6 Å². The van der Waals surface area contributed by atoms with Crippen molar-refractivity contribution in [3.63, 3.8) is 0 Å². The molecule has 2 amide bonds. The molecule has 3 rings (SSSR count). The highest BCUT2D eigenvalue weighted by atomic mass is 35.5. The van der Waals surface area contributed by atoms with E-state index < -0.39 is 0 Å². The van der Waals surface area contributed by atoms with Crippen molar-refractivity contribution in [2.45, 2.75) is 13.0 Å². The van der Waals surface area contributed by atoms with Gasteiger partial charge in [0, 0.05) is 24.0 Å². The van der Waals surface area contributed by atoms with Crippen molar-refractivity contribution in [3.8, 4) is 5.75 Å². The molecule has 0 saturated heterocycles. The highest BCUT2D eigenvalue weighted by molar-refractivity contribution is 6.31.